The molecule has 0 saturated heterocycles. The molecule has 0 aliphatic rings. The van der Waals surface area contributed by atoms with Gasteiger partial charge in [0.25, 0.3) is 0 Å². The summed E-state index contributed by atoms with van der Waals surface area (Å²) in [6.45, 7) is 1.19. The molecule has 0 radical (unpaired) electrons. The molecule has 0 atom stereocenters. The maximum atomic E-state index is 6.23. The molecule has 0 unspecified atom stereocenters. The lowest BCUT2D eigenvalue weighted by Gasteiger charge is -2.15. The van der Waals surface area contributed by atoms with Gasteiger partial charge < -0.3 is 14.8 Å². The van der Waals surface area contributed by atoms with Crippen LogP contribution in [-0.4, -0.2) is 7.11 Å². The van der Waals surface area contributed by atoms with Gasteiger partial charge in [0.05, 0.1) is 7.11 Å². The van der Waals surface area contributed by atoms with Gasteiger partial charge in [-0.25, -0.2) is 0 Å². The molecule has 4 aromatic rings. The minimum atomic E-state index is 0.526. The molecule has 146 valence electrons. The normalized spacial score (nSPS) is 10.7. The van der Waals surface area contributed by atoms with Crippen molar-refractivity contribution in [2.45, 2.75) is 13.2 Å². The summed E-state index contributed by atoms with van der Waals surface area (Å²) in [4.78, 5) is 0. The maximum Gasteiger partial charge on any atom is 0.124 e. The number of nitrogens with one attached hydrogen (secondary N) is 1. The highest BCUT2D eigenvalue weighted by molar-refractivity contribution is 9.10. The summed E-state index contributed by atoms with van der Waals surface area (Å²) in [7, 11) is 1.67. The summed E-state index contributed by atoms with van der Waals surface area (Å²) >= 11 is 3.57. The smallest absolute Gasteiger partial charge is 0.124 e. The predicted octanol–water partition coefficient (Wildman–Crippen LogP) is 6.80. The van der Waals surface area contributed by atoms with Crippen molar-refractivity contribution in [2.75, 3.05) is 12.4 Å². The van der Waals surface area contributed by atoms with Gasteiger partial charge in [0, 0.05) is 22.3 Å². The number of anilines is 1. The molecule has 0 aromatic heterocycles. The molecule has 29 heavy (non-hydrogen) atoms. The zero-order valence-corrected chi connectivity index (χ0v) is 17.8. The molecule has 0 aliphatic carbocycles. The van der Waals surface area contributed by atoms with Gasteiger partial charge in [-0.15, -0.1) is 0 Å². The lowest BCUT2D eigenvalue weighted by Crippen LogP contribution is -2.04. The Morgan fingerprint density at radius 1 is 0.828 bits per heavy atom. The zero-order chi connectivity index (χ0) is 20.1. The number of fused-ring (bicyclic) bond motifs is 1. The van der Waals surface area contributed by atoms with Crippen molar-refractivity contribution in [1.82, 2.24) is 0 Å². The maximum absolute atomic E-state index is 6.23. The monoisotopic (exact) mass is 447 g/mol. The first-order valence-corrected chi connectivity index (χ1v) is 10.3. The summed E-state index contributed by atoms with van der Waals surface area (Å²) < 4.78 is 12.5. The van der Waals surface area contributed by atoms with Crippen LogP contribution in [0.3, 0.4) is 0 Å². The summed E-state index contributed by atoms with van der Waals surface area (Å²) in [5.74, 6) is 1.72. The zero-order valence-electron chi connectivity index (χ0n) is 16.2. The quantitative estimate of drug-likeness (QED) is 0.337. The third-order valence-corrected chi connectivity index (χ3v) is 5.35. The van der Waals surface area contributed by atoms with Gasteiger partial charge in [0.2, 0.25) is 0 Å². The lowest BCUT2D eigenvalue weighted by molar-refractivity contribution is 0.304. The molecule has 3 nitrogen and oxygen atoms in total. The lowest BCUT2D eigenvalue weighted by atomic mass is 10.1. The Bertz CT molecular complexity index is 1100. The van der Waals surface area contributed by atoms with E-state index in [0.717, 1.165) is 27.2 Å². The predicted molar refractivity (Wildman–Crippen MR) is 123 cm³/mol. The van der Waals surface area contributed by atoms with E-state index in [1.807, 2.05) is 36.4 Å². The Balaban J connectivity index is 1.50. The first-order valence-electron chi connectivity index (χ1n) is 9.49. The van der Waals surface area contributed by atoms with Crippen molar-refractivity contribution in [1.29, 1.82) is 0 Å². The van der Waals surface area contributed by atoms with E-state index in [4.69, 9.17) is 9.47 Å². The highest BCUT2D eigenvalue weighted by atomic mass is 79.9. The van der Waals surface area contributed by atoms with E-state index >= 15 is 0 Å². The molecular weight excluding hydrogens is 426 g/mol. The van der Waals surface area contributed by atoms with E-state index in [-0.39, 0.29) is 0 Å². The Hall–Kier alpha value is -2.98. The fourth-order valence-electron chi connectivity index (χ4n) is 3.31. The fraction of sp³-hybridized carbons (Fsp3) is 0.120. The van der Waals surface area contributed by atoms with Crippen LogP contribution in [0.15, 0.2) is 89.4 Å². The Kier molecular flexibility index (Phi) is 6.01. The largest absolute Gasteiger partial charge is 0.497 e. The van der Waals surface area contributed by atoms with E-state index in [0.29, 0.717) is 13.2 Å². The third kappa shape index (κ3) is 4.72. The van der Waals surface area contributed by atoms with Gasteiger partial charge >= 0.3 is 0 Å². The molecule has 4 heteroatoms. The third-order valence-electron chi connectivity index (χ3n) is 4.86. The molecule has 0 amide bonds. The van der Waals surface area contributed by atoms with E-state index in [1.54, 1.807) is 7.11 Å². The van der Waals surface area contributed by atoms with Gasteiger partial charge in [-0.1, -0.05) is 58.4 Å². The molecule has 0 heterocycles. The fourth-order valence-corrected chi connectivity index (χ4v) is 3.72. The van der Waals surface area contributed by atoms with E-state index < -0.39 is 0 Å². The van der Waals surface area contributed by atoms with Crippen molar-refractivity contribution in [3.8, 4) is 11.5 Å². The number of ether oxygens (including phenoxy) is 2. The highest BCUT2D eigenvalue weighted by Gasteiger charge is 2.07. The Labute approximate surface area is 179 Å². The molecular formula is C25H22BrNO2. The van der Waals surface area contributed by atoms with Crippen LogP contribution in [0.1, 0.15) is 11.1 Å². The first kappa shape index (κ1) is 19.3. The molecule has 0 bridgehead atoms. The number of hydrogen-bond donors (Lipinski definition) is 1. The van der Waals surface area contributed by atoms with Crippen LogP contribution in [0.2, 0.25) is 0 Å². The molecule has 4 aromatic carbocycles. The number of hydrogen-bond acceptors (Lipinski definition) is 3. The van der Waals surface area contributed by atoms with Crippen LogP contribution in [-0.2, 0) is 13.2 Å². The van der Waals surface area contributed by atoms with Crippen LogP contribution < -0.4 is 14.8 Å². The van der Waals surface area contributed by atoms with Crippen molar-refractivity contribution in [3.05, 3.63) is 101 Å². The van der Waals surface area contributed by atoms with Gasteiger partial charge in [-0.2, -0.15) is 0 Å². The van der Waals surface area contributed by atoms with Gasteiger partial charge in [0.15, 0.2) is 0 Å². The molecule has 0 saturated carbocycles. The van der Waals surface area contributed by atoms with E-state index in [1.165, 1.54) is 16.3 Å². The molecule has 0 fully saturated rings. The van der Waals surface area contributed by atoms with Gasteiger partial charge in [-0.05, 0) is 58.8 Å². The average Bonchev–Trinajstić information content (AvgIpc) is 2.77. The standard InChI is InChI=1S/C25H22BrNO2/c1-28-23-12-10-22(11-13-23)27-16-20-15-21(26)9-14-25(20)29-17-19-7-4-6-18-5-2-3-8-24(18)19/h2-15,27H,16-17H2,1H3. The topological polar surface area (TPSA) is 30.5 Å². The van der Waals surface area contributed by atoms with Crippen molar-refractivity contribution >= 4 is 32.4 Å². The van der Waals surface area contributed by atoms with Crippen molar-refractivity contribution < 1.29 is 9.47 Å². The summed E-state index contributed by atoms with van der Waals surface area (Å²) in [6, 6.07) is 28.7. The van der Waals surface area contributed by atoms with Crippen LogP contribution in [0, 0.1) is 0 Å². The number of halogens is 1. The number of benzene rings is 4. The van der Waals surface area contributed by atoms with Crippen LogP contribution in [0.5, 0.6) is 11.5 Å². The van der Waals surface area contributed by atoms with E-state index in [2.05, 4.69) is 69.8 Å². The summed E-state index contributed by atoms with van der Waals surface area (Å²) in [5, 5.41) is 5.91. The van der Waals surface area contributed by atoms with Crippen molar-refractivity contribution in [3.63, 3.8) is 0 Å². The second kappa shape index (κ2) is 9.01. The van der Waals surface area contributed by atoms with Crippen molar-refractivity contribution in [2.24, 2.45) is 0 Å². The second-order valence-corrected chi connectivity index (χ2v) is 7.68. The highest BCUT2D eigenvalue weighted by Crippen LogP contribution is 2.27. The SMILES string of the molecule is COc1ccc(NCc2cc(Br)ccc2OCc2cccc3ccccc23)cc1. The van der Waals surface area contributed by atoms with E-state index in [9.17, 15) is 0 Å². The molecule has 1 N–H and O–H groups in total. The average molecular weight is 448 g/mol. The Morgan fingerprint density at radius 3 is 2.45 bits per heavy atom. The summed E-state index contributed by atoms with van der Waals surface area (Å²) in [5.41, 5.74) is 3.31. The van der Waals surface area contributed by atoms with Crippen LogP contribution in [0.25, 0.3) is 10.8 Å². The molecule has 0 aliphatic heterocycles. The van der Waals surface area contributed by atoms with Gasteiger partial charge in [-0.3, -0.25) is 0 Å². The number of rotatable bonds is 7. The summed E-state index contributed by atoms with van der Waals surface area (Å²) in [6.07, 6.45) is 0. The first-order chi connectivity index (χ1) is 14.2. The minimum Gasteiger partial charge on any atom is -0.497 e. The Morgan fingerprint density at radius 2 is 1.62 bits per heavy atom. The van der Waals surface area contributed by atoms with Crippen LogP contribution in [0.4, 0.5) is 5.69 Å². The minimum absolute atomic E-state index is 0.526. The molecule has 4 rings (SSSR count). The molecule has 0 spiro atoms. The number of methoxy groups -OCH3 is 1. The second-order valence-electron chi connectivity index (χ2n) is 6.76. The van der Waals surface area contributed by atoms with Gasteiger partial charge in [0.1, 0.15) is 18.1 Å². The van der Waals surface area contributed by atoms with Crippen LogP contribution >= 0.6 is 15.9 Å².